The van der Waals surface area contributed by atoms with Crippen molar-refractivity contribution < 1.29 is 22.6 Å². The standard InChI is InChI=1S/C19H20ClF3N4O2S/c1-28-15-10-14(19(21,22)23)25-16(26-15)27-17(30)24-11-18(6-8-29-9-7-18)12-2-4-13(20)5-3-12/h2-5,10H,6-9,11H2,1H3,(H2,24,25,26,27,30). The Labute approximate surface area is 182 Å². The van der Waals surface area contributed by atoms with Crippen molar-refractivity contribution in [3.05, 3.63) is 46.6 Å². The van der Waals surface area contributed by atoms with Gasteiger partial charge in [-0.15, -0.1) is 0 Å². The predicted octanol–water partition coefficient (Wildman–Crippen LogP) is 4.19. The first-order chi connectivity index (χ1) is 14.2. The third-order valence-electron chi connectivity index (χ3n) is 4.92. The van der Waals surface area contributed by atoms with Crippen molar-refractivity contribution in [1.29, 1.82) is 0 Å². The van der Waals surface area contributed by atoms with E-state index in [1.807, 2.05) is 24.3 Å². The first kappa shape index (κ1) is 22.5. The lowest BCUT2D eigenvalue weighted by molar-refractivity contribution is -0.141. The number of ether oxygens (including phenoxy) is 2. The Hall–Kier alpha value is -2.17. The van der Waals surface area contributed by atoms with Crippen molar-refractivity contribution in [2.24, 2.45) is 0 Å². The van der Waals surface area contributed by atoms with Crippen molar-refractivity contribution in [2.45, 2.75) is 24.4 Å². The molecule has 30 heavy (non-hydrogen) atoms. The topological polar surface area (TPSA) is 68.3 Å². The van der Waals surface area contributed by atoms with Crippen LogP contribution in [-0.4, -0.2) is 41.9 Å². The predicted molar refractivity (Wildman–Crippen MR) is 111 cm³/mol. The highest BCUT2D eigenvalue weighted by Gasteiger charge is 2.35. The van der Waals surface area contributed by atoms with Gasteiger partial charge in [0.2, 0.25) is 11.8 Å². The molecule has 0 unspecified atom stereocenters. The zero-order valence-electron chi connectivity index (χ0n) is 16.1. The second kappa shape index (κ2) is 9.32. The molecule has 0 spiro atoms. The molecule has 0 bridgehead atoms. The molecule has 1 aromatic heterocycles. The van der Waals surface area contributed by atoms with Crippen LogP contribution in [0.15, 0.2) is 30.3 Å². The first-order valence-corrected chi connectivity index (χ1v) is 9.89. The van der Waals surface area contributed by atoms with Crippen LogP contribution in [-0.2, 0) is 16.3 Å². The normalized spacial score (nSPS) is 16.0. The highest BCUT2D eigenvalue weighted by Crippen LogP contribution is 2.35. The number of rotatable bonds is 5. The molecule has 1 fully saturated rings. The summed E-state index contributed by atoms with van der Waals surface area (Å²) in [7, 11) is 1.23. The maximum Gasteiger partial charge on any atom is 0.433 e. The number of benzene rings is 1. The molecule has 1 aliphatic heterocycles. The lowest BCUT2D eigenvalue weighted by Gasteiger charge is -2.38. The van der Waals surface area contributed by atoms with Crippen LogP contribution in [0.3, 0.4) is 0 Å². The highest BCUT2D eigenvalue weighted by atomic mass is 35.5. The number of alkyl halides is 3. The number of methoxy groups -OCH3 is 1. The van der Waals surface area contributed by atoms with Gasteiger partial charge in [-0.3, -0.25) is 0 Å². The van der Waals surface area contributed by atoms with Gasteiger partial charge in [-0.1, -0.05) is 23.7 Å². The number of nitrogens with zero attached hydrogens (tertiary/aromatic N) is 2. The van der Waals surface area contributed by atoms with Gasteiger partial charge < -0.3 is 20.1 Å². The fourth-order valence-corrected chi connectivity index (χ4v) is 3.55. The van der Waals surface area contributed by atoms with Crippen molar-refractivity contribution in [1.82, 2.24) is 15.3 Å². The Morgan fingerprint density at radius 2 is 1.90 bits per heavy atom. The summed E-state index contributed by atoms with van der Waals surface area (Å²) in [5.74, 6) is -0.517. The Morgan fingerprint density at radius 1 is 1.23 bits per heavy atom. The minimum Gasteiger partial charge on any atom is -0.481 e. The number of anilines is 1. The molecule has 2 aromatic rings. The summed E-state index contributed by atoms with van der Waals surface area (Å²) >= 11 is 11.3. The average Bonchev–Trinajstić information content (AvgIpc) is 2.72. The molecular weight excluding hydrogens is 441 g/mol. The summed E-state index contributed by atoms with van der Waals surface area (Å²) < 4.78 is 49.4. The lowest BCUT2D eigenvalue weighted by Crippen LogP contribution is -2.45. The van der Waals surface area contributed by atoms with Gasteiger partial charge >= 0.3 is 6.18 Å². The Morgan fingerprint density at radius 3 is 2.50 bits per heavy atom. The van der Waals surface area contributed by atoms with Gasteiger partial charge in [-0.2, -0.15) is 18.2 Å². The number of thiocarbonyl (C=S) groups is 1. The summed E-state index contributed by atoms with van der Waals surface area (Å²) in [5, 5.41) is 6.44. The van der Waals surface area contributed by atoms with E-state index >= 15 is 0 Å². The largest absolute Gasteiger partial charge is 0.481 e. The van der Waals surface area contributed by atoms with Crippen LogP contribution in [0.1, 0.15) is 24.1 Å². The summed E-state index contributed by atoms with van der Waals surface area (Å²) in [5.41, 5.74) is -0.287. The number of hydrogen-bond donors (Lipinski definition) is 2. The van der Waals surface area contributed by atoms with Crippen molar-refractivity contribution in [2.75, 3.05) is 32.2 Å². The number of hydrogen-bond acceptors (Lipinski definition) is 5. The van der Waals surface area contributed by atoms with E-state index in [4.69, 9.17) is 33.3 Å². The zero-order valence-corrected chi connectivity index (χ0v) is 17.6. The number of nitrogens with one attached hydrogen (secondary N) is 2. The molecule has 1 aliphatic rings. The Kier molecular flexibility index (Phi) is 6.99. The molecule has 0 atom stereocenters. The second-order valence-corrected chi connectivity index (χ2v) is 7.67. The van der Waals surface area contributed by atoms with Gasteiger partial charge in [0.15, 0.2) is 10.8 Å². The summed E-state index contributed by atoms with van der Waals surface area (Å²) in [6.45, 7) is 1.65. The third-order valence-corrected chi connectivity index (χ3v) is 5.42. The zero-order chi connectivity index (χ0) is 21.8. The van der Waals surface area contributed by atoms with E-state index in [0.29, 0.717) is 24.8 Å². The van der Waals surface area contributed by atoms with E-state index in [1.165, 1.54) is 7.11 Å². The van der Waals surface area contributed by atoms with Crippen molar-refractivity contribution in [3.63, 3.8) is 0 Å². The molecule has 1 saturated heterocycles. The molecule has 0 aliphatic carbocycles. The van der Waals surface area contributed by atoms with Crippen LogP contribution in [0.5, 0.6) is 5.88 Å². The molecule has 6 nitrogen and oxygen atoms in total. The van der Waals surface area contributed by atoms with E-state index in [1.54, 1.807) is 0 Å². The van der Waals surface area contributed by atoms with E-state index in [0.717, 1.165) is 24.5 Å². The lowest BCUT2D eigenvalue weighted by atomic mass is 9.74. The van der Waals surface area contributed by atoms with Crippen LogP contribution in [0, 0.1) is 0 Å². The molecule has 162 valence electrons. The van der Waals surface area contributed by atoms with Crippen LogP contribution in [0.2, 0.25) is 5.02 Å². The minimum absolute atomic E-state index is 0.108. The summed E-state index contributed by atoms with van der Waals surface area (Å²) in [4.78, 5) is 7.36. The molecule has 0 radical (unpaired) electrons. The molecule has 3 rings (SSSR count). The van der Waals surface area contributed by atoms with E-state index in [2.05, 4.69) is 20.6 Å². The highest BCUT2D eigenvalue weighted by molar-refractivity contribution is 7.80. The van der Waals surface area contributed by atoms with Crippen LogP contribution in [0.4, 0.5) is 19.1 Å². The third kappa shape index (κ3) is 5.50. The molecule has 1 aromatic carbocycles. The molecule has 11 heteroatoms. The smallest absolute Gasteiger partial charge is 0.433 e. The average molecular weight is 461 g/mol. The van der Waals surface area contributed by atoms with Crippen molar-refractivity contribution >= 4 is 34.9 Å². The number of halogens is 4. The molecule has 2 N–H and O–H groups in total. The van der Waals surface area contributed by atoms with E-state index in [9.17, 15) is 13.2 Å². The number of aromatic nitrogens is 2. The van der Waals surface area contributed by atoms with Gasteiger partial charge in [-0.05, 0) is 42.8 Å². The second-order valence-electron chi connectivity index (χ2n) is 6.82. The monoisotopic (exact) mass is 460 g/mol. The summed E-state index contributed by atoms with van der Waals surface area (Å²) in [6.07, 6.45) is -3.11. The Balaban J connectivity index is 1.73. The maximum atomic E-state index is 13.0. The maximum absolute atomic E-state index is 13.0. The van der Waals surface area contributed by atoms with Crippen LogP contribution in [0.25, 0.3) is 0 Å². The molecule has 0 saturated carbocycles. The van der Waals surface area contributed by atoms with Gasteiger partial charge in [0, 0.05) is 36.3 Å². The minimum atomic E-state index is -4.64. The van der Waals surface area contributed by atoms with E-state index in [-0.39, 0.29) is 22.4 Å². The fourth-order valence-electron chi connectivity index (χ4n) is 3.26. The van der Waals surface area contributed by atoms with Crippen LogP contribution >= 0.6 is 23.8 Å². The fraction of sp³-hybridized carbons (Fsp3) is 0.421. The van der Waals surface area contributed by atoms with Gasteiger partial charge in [0.05, 0.1) is 7.11 Å². The van der Waals surface area contributed by atoms with Crippen LogP contribution < -0.4 is 15.4 Å². The van der Waals surface area contributed by atoms with Crippen molar-refractivity contribution in [3.8, 4) is 5.88 Å². The van der Waals surface area contributed by atoms with E-state index < -0.39 is 11.9 Å². The van der Waals surface area contributed by atoms with Gasteiger partial charge in [-0.25, -0.2) is 4.98 Å². The molecule has 2 heterocycles. The van der Waals surface area contributed by atoms with Gasteiger partial charge in [0.1, 0.15) is 0 Å². The first-order valence-electron chi connectivity index (χ1n) is 9.11. The summed E-state index contributed by atoms with van der Waals surface area (Å²) in [6, 6.07) is 8.30. The molecule has 0 amide bonds. The van der Waals surface area contributed by atoms with Gasteiger partial charge in [0.25, 0.3) is 0 Å². The Bertz CT molecular complexity index is 890. The quantitative estimate of drug-likeness (QED) is 0.648. The SMILES string of the molecule is COc1cc(C(F)(F)F)nc(NC(=S)NCC2(c3ccc(Cl)cc3)CCOCC2)n1. The molecular formula is C19H20ClF3N4O2S.